The number of methoxy groups -OCH3 is 2. The minimum atomic E-state index is -0.567. The Kier molecular flexibility index (Phi) is 9.60. The number of unbranched alkanes of at least 4 members (excludes halogenated alkanes) is 1. The van der Waals surface area contributed by atoms with Crippen LogP contribution in [0, 0.1) is 5.92 Å². The maximum atomic E-state index is 12.9. The first kappa shape index (κ1) is 23.7. The van der Waals surface area contributed by atoms with E-state index in [1.54, 1.807) is 19.1 Å². The zero-order valence-corrected chi connectivity index (χ0v) is 18.0. The summed E-state index contributed by atoms with van der Waals surface area (Å²) in [5, 5.41) is 2.62. The lowest BCUT2D eigenvalue weighted by Crippen LogP contribution is -2.46. The average molecular weight is 421 g/mol. The molecule has 0 radical (unpaired) electrons. The fourth-order valence-electron chi connectivity index (χ4n) is 3.67. The van der Waals surface area contributed by atoms with Crippen molar-refractivity contribution in [3.05, 3.63) is 29.8 Å². The number of likely N-dealkylation sites (tertiary alicyclic amines) is 1. The molecule has 1 fully saturated rings. The van der Waals surface area contributed by atoms with Gasteiger partial charge < -0.3 is 24.4 Å². The first-order valence-corrected chi connectivity index (χ1v) is 10.4. The number of esters is 1. The van der Waals surface area contributed by atoms with Gasteiger partial charge in [-0.1, -0.05) is 31.5 Å². The van der Waals surface area contributed by atoms with Gasteiger partial charge in [0.05, 0.1) is 25.7 Å². The average Bonchev–Trinajstić information content (AvgIpc) is 2.76. The van der Waals surface area contributed by atoms with Gasteiger partial charge in [-0.2, -0.15) is 0 Å². The van der Waals surface area contributed by atoms with E-state index in [9.17, 15) is 14.4 Å². The molecule has 2 atom stereocenters. The minimum Gasteiger partial charge on any atom is -0.496 e. The Hall–Kier alpha value is -2.61. The molecule has 1 N–H and O–H groups in total. The molecule has 1 aromatic rings. The molecule has 30 heavy (non-hydrogen) atoms. The van der Waals surface area contributed by atoms with E-state index in [0.717, 1.165) is 18.4 Å². The van der Waals surface area contributed by atoms with Crippen molar-refractivity contribution in [2.24, 2.45) is 5.92 Å². The number of rotatable bonds is 11. The number of carbonyl (C=O) groups is 3. The zero-order chi connectivity index (χ0) is 21.9. The number of benzene rings is 1. The van der Waals surface area contributed by atoms with Gasteiger partial charge in [-0.15, -0.1) is 0 Å². The van der Waals surface area contributed by atoms with E-state index in [1.807, 2.05) is 24.3 Å². The largest absolute Gasteiger partial charge is 0.496 e. The summed E-state index contributed by atoms with van der Waals surface area (Å²) >= 11 is 0. The summed E-state index contributed by atoms with van der Waals surface area (Å²) in [4.78, 5) is 39.3. The second kappa shape index (κ2) is 12.2. The Bertz CT molecular complexity index is 723. The number of amides is 2. The highest BCUT2D eigenvalue weighted by molar-refractivity contribution is 5.84. The summed E-state index contributed by atoms with van der Waals surface area (Å²) in [5.74, 6) is -0.803. The standard InChI is InChI=1S/C22H32N2O6/c1-4-5-13-24-20(26)11-10-17(21(24)16-8-6-7-9-18(16)29-3)22(27)30-15-19(25)23-12-14-28-2/h6-9,17,21H,4-5,10-15H2,1-3H3,(H,23,25)/t17-,21+/m1/s1. The van der Waals surface area contributed by atoms with Gasteiger partial charge in [0.15, 0.2) is 6.61 Å². The molecule has 2 rings (SSSR count). The molecule has 1 saturated heterocycles. The van der Waals surface area contributed by atoms with E-state index >= 15 is 0 Å². The van der Waals surface area contributed by atoms with Gasteiger partial charge in [0, 0.05) is 32.2 Å². The van der Waals surface area contributed by atoms with Gasteiger partial charge in [0.1, 0.15) is 5.75 Å². The normalized spacial score (nSPS) is 18.8. The molecule has 1 aliphatic heterocycles. The molecule has 0 unspecified atom stereocenters. The number of hydrogen-bond acceptors (Lipinski definition) is 6. The van der Waals surface area contributed by atoms with Crippen LogP contribution >= 0.6 is 0 Å². The van der Waals surface area contributed by atoms with Gasteiger partial charge in [0.25, 0.3) is 5.91 Å². The first-order valence-electron chi connectivity index (χ1n) is 10.4. The number of carbonyl (C=O) groups excluding carboxylic acids is 3. The quantitative estimate of drug-likeness (QED) is 0.435. The van der Waals surface area contributed by atoms with E-state index < -0.39 is 17.9 Å². The zero-order valence-electron chi connectivity index (χ0n) is 18.0. The summed E-state index contributed by atoms with van der Waals surface area (Å²) in [5.41, 5.74) is 0.774. The number of nitrogens with one attached hydrogen (secondary N) is 1. The highest BCUT2D eigenvalue weighted by Gasteiger charge is 2.42. The van der Waals surface area contributed by atoms with Gasteiger partial charge in [-0.05, 0) is 18.9 Å². The summed E-state index contributed by atoms with van der Waals surface area (Å²) < 4.78 is 15.7. The van der Waals surface area contributed by atoms with Crippen LogP contribution in [-0.2, 0) is 23.9 Å². The van der Waals surface area contributed by atoms with E-state index in [0.29, 0.717) is 31.9 Å². The molecule has 0 saturated carbocycles. The van der Waals surface area contributed by atoms with Crippen molar-refractivity contribution in [3.63, 3.8) is 0 Å². The molecule has 1 aliphatic rings. The minimum absolute atomic E-state index is 0.0146. The molecule has 166 valence electrons. The lowest BCUT2D eigenvalue weighted by molar-refractivity contribution is -0.160. The number of ether oxygens (including phenoxy) is 3. The van der Waals surface area contributed by atoms with E-state index in [1.165, 1.54) is 0 Å². The molecule has 0 bridgehead atoms. The van der Waals surface area contributed by atoms with E-state index in [4.69, 9.17) is 14.2 Å². The Balaban J connectivity index is 2.21. The van der Waals surface area contributed by atoms with Crippen LogP contribution in [0.1, 0.15) is 44.2 Å². The Labute approximate surface area is 177 Å². The Morgan fingerprint density at radius 2 is 2.00 bits per heavy atom. The second-order valence-corrected chi connectivity index (χ2v) is 7.22. The van der Waals surface area contributed by atoms with E-state index in [2.05, 4.69) is 12.2 Å². The summed E-state index contributed by atoms with van der Waals surface area (Å²) in [6.45, 7) is 2.98. The first-order chi connectivity index (χ1) is 14.5. The number of para-hydroxylation sites is 1. The Morgan fingerprint density at radius 3 is 2.70 bits per heavy atom. The van der Waals surface area contributed by atoms with Gasteiger partial charge in [-0.3, -0.25) is 14.4 Å². The van der Waals surface area contributed by atoms with Crippen molar-refractivity contribution < 1.29 is 28.6 Å². The van der Waals surface area contributed by atoms with Crippen molar-refractivity contribution in [1.29, 1.82) is 0 Å². The molecule has 8 nitrogen and oxygen atoms in total. The van der Waals surface area contributed by atoms with E-state index in [-0.39, 0.29) is 24.8 Å². The predicted molar refractivity (Wildman–Crippen MR) is 111 cm³/mol. The molecular formula is C22H32N2O6. The van der Waals surface area contributed by atoms with Crippen LogP contribution in [0.15, 0.2) is 24.3 Å². The lowest BCUT2D eigenvalue weighted by atomic mass is 9.83. The molecule has 0 aliphatic carbocycles. The van der Waals surface area contributed by atoms with Crippen LogP contribution in [0.5, 0.6) is 5.75 Å². The van der Waals surface area contributed by atoms with Crippen molar-refractivity contribution in [3.8, 4) is 5.75 Å². The van der Waals surface area contributed by atoms with Crippen LogP contribution < -0.4 is 10.1 Å². The van der Waals surface area contributed by atoms with Crippen LogP contribution in [0.3, 0.4) is 0 Å². The van der Waals surface area contributed by atoms with Crippen molar-refractivity contribution in [2.45, 2.75) is 38.6 Å². The third-order valence-corrected chi connectivity index (χ3v) is 5.19. The topological polar surface area (TPSA) is 94.2 Å². The number of piperidine rings is 1. The van der Waals surface area contributed by atoms with Gasteiger partial charge in [-0.25, -0.2) is 0 Å². The third-order valence-electron chi connectivity index (χ3n) is 5.19. The maximum Gasteiger partial charge on any atom is 0.311 e. The van der Waals surface area contributed by atoms with Crippen molar-refractivity contribution in [1.82, 2.24) is 10.2 Å². The van der Waals surface area contributed by atoms with Crippen LogP contribution in [0.25, 0.3) is 0 Å². The maximum absolute atomic E-state index is 12.9. The summed E-state index contributed by atoms with van der Waals surface area (Å²) in [6, 6.07) is 6.91. The van der Waals surface area contributed by atoms with Crippen molar-refractivity contribution in [2.75, 3.05) is 40.5 Å². The molecule has 2 amide bonds. The molecule has 1 heterocycles. The fraction of sp³-hybridized carbons (Fsp3) is 0.591. The van der Waals surface area contributed by atoms with Crippen LogP contribution in [0.4, 0.5) is 0 Å². The second-order valence-electron chi connectivity index (χ2n) is 7.22. The highest BCUT2D eigenvalue weighted by atomic mass is 16.5. The molecular weight excluding hydrogens is 388 g/mol. The number of hydrogen-bond donors (Lipinski definition) is 1. The van der Waals surface area contributed by atoms with Crippen molar-refractivity contribution >= 4 is 17.8 Å². The smallest absolute Gasteiger partial charge is 0.311 e. The summed E-state index contributed by atoms with van der Waals surface area (Å²) in [7, 11) is 3.11. The third kappa shape index (κ3) is 6.19. The van der Waals surface area contributed by atoms with Crippen LogP contribution in [0.2, 0.25) is 0 Å². The SMILES string of the molecule is CCCCN1C(=O)CC[C@@H](C(=O)OCC(=O)NCCOC)[C@@H]1c1ccccc1OC. The number of nitrogens with zero attached hydrogens (tertiary/aromatic N) is 1. The van der Waals surface area contributed by atoms with Gasteiger partial charge >= 0.3 is 5.97 Å². The molecule has 1 aromatic carbocycles. The monoisotopic (exact) mass is 420 g/mol. The lowest BCUT2D eigenvalue weighted by Gasteiger charge is -2.40. The van der Waals surface area contributed by atoms with Gasteiger partial charge in [0.2, 0.25) is 5.91 Å². The molecule has 0 spiro atoms. The molecule has 0 aromatic heterocycles. The predicted octanol–water partition coefficient (Wildman–Crippen LogP) is 2.08. The fourth-order valence-corrected chi connectivity index (χ4v) is 3.67. The summed E-state index contributed by atoms with van der Waals surface area (Å²) in [6.07, 6.45) is 2.41. The molecule has 8 heteroatoms. The van der Waals surface area contributed by atoms with Crippen LogP contribution in [-0.4, -0.2) is 63.2 Å². The Morgan fingerprint density at radius 1 is 1.23 bits per heavy atom. The highest BCUT2D eigenvalue weighted by Crippen LogP contribution is 2.41.